The van der Waals surface area contributed by atoms with Gasteiger partial charge in [-0.25, -0.2) is 0 Å². The summed E-state index contributed by atoms with van der Waals surface area (Å²) in [5, 5.41) is 11.8. The molecule has 3 saturated carbocycles. The zero-order valence-corrected chi connectivity index (χ0v) is 22.4. The quantitative estimate of drug-likeness (QED) is 0.380. The lowest BCUT2D eigenvalue weighted by molar-refractivity contribution is -0.188. The maximum atomic E-state index is 13.5. The molecule has 0 bridgehead atoms. The minimum atomic E-state index is -1.44. The van der Waals surface area contributed by atoms with Crippen molar-refractivity contribution in [3.63, 3.8) is 0 Å². The minimum Gasteiger partial charge on any atom is -0.462 e. The summed E-state index contributed by atoms with van der Waals surface area (Å²) < 4.78 is 5.44. The number of fused-ring (bicyclic) bond motifs is 5. The number of ether oxygens (including phenoxy) is 1. The number of rotatable bonds is 5. The van der Waals surface area contributed by atoms with E-state index in [0.29, 0.717) is 36.0 Å². The van der Waals surface area contributed by atoms with E-state index in [9.17, 15) is 14.7 Å². The molecule has 0 heterocycles. The van der Waals surface area contributed by atoms with E-state index >= 15 is 0 Å². The lowest BCUT2D eigenvalue weighted by atomic mass is 9.46. The molecule has 190 valence electrons. The summed E-state index contributed by atoms with van der Waals surface area (Å²) in [7, 11) is 0. The molecular weight excluding hydrogens is 424 g/mol. The fourth-order valence-electron chi connectivity index (χ4n) is 8.28. The van der Waals surface area contributed by atoms with Crippen molar-refractivity contribution < 1.29 is 19.4 Å². The normalized spacial score (nSPS) is 43.7. The summed E-state index contributed by atoms with van der Waals surface area (Å²) in [5.74, 6) is 2.54. The predicted molar refractivity (Wildman–Crippen MR) is 135 cm³/mol. The first-order chi connectivity index (χ1) is 15.8. The number of carbonyl (C=O) groups excluding carboxylic acids is 2. The van der Waals surface area contributed by atoms with Gasteiger partial charge in [0.05, 0.1) is 0 Å². The van der Waals surface area contributed by atoms with E-state index in [1.165, 1.54) is 18.9 Å². The van der Waals surface area contributed by atoms with E-state index in [0.717, 1.165) is 25.7 Å². The lowest BCUT2D eigenvalue weighted by Crippen LogP contribution is -2.64. The van der Waals surface area contributed by atoms with Crippen LogP contribution >= 0.6 is 0 Å². The molecule has 3 fully saturated rings. The Morgan fingerprint density at radius 1 is 1.06 bits per heavy atom. The van der Waals surface area contributed by atoms with E-state index in [1.54, 1.807) is 0 Å². The van der Waals surface area contributed by atoms with Crippen LogP contribution in [0.1, 0.15) is 93.4 Å². The summed E-state index contributed by atoms with van der Waals surface area (Å²) in [6.45, 7) is 15.2. The van der Waals surface area contributed by atoms with Gasteiger partial charge in [0.15, 0.2) is 5.78 Å². The Hall–Kier alpha value is -1.42. The van der Waals surface area contributed by atoms with Crippen LogP contribution in [-0.4, -0.2) is 28.6 Å². The third-order valence-electron chi connectivity index (χ3n) is 10.9. The van der Waals surface area contributed by atoms with Crippen molar-refractivity contribution >= 4 is 11.8 Å². The molecule has 1 N–H and O–H groups in total. The van der Waals surface area contributed by atoms with Crippen LogP contribution in [0.4, 0.5) is 0 Å². The van der Waals surface area contributed by atoms with Crippen LogP contribution < -0.4 is 0 Å². The minimum absolute atomic E-state index is 0.162. The highest BCUT2D eigenvalue weighted by atomic mass is 16.5. The van der Waals surface area contributed by atoms with Crippen LogP contribution in [0, 0.1) is 46.3 Å². The highest BCUT2D eigenvalue weighted by molar-refractivity contribution is 5.99. The average Bonchev–Trinajstić information content (AvgIpc) is 3.11. The summed E-state index contributed by atoms with van der Waals surface area (Å²) in [5.41, 5.74) is -0.406. The van der Waals surface area contributed by atoms with Crippen molar-refractivity contribution in [1.29, 1.82) is 0 Å². The van der Waals surface area contributed by atoms with Gasteiger partial charge in [0.25, 0.3) is 0 Å². The average molecular weight is 471 g/mol. The number of hydrogen-bond acceptors (Lipinski definition) is 4. The van der Waals surface area contributed by atoms with E-state index in [4.69, 9.17) is 4.74 Å². The Kier molecular flexibility index (Phi) is 6.72. The molecule has 0 saturated heterocycles. The van der Waals surface area contributed by atoms with Gasteiger partial charge in [-0.05, 0) is 85.5 Å². The number of aliphatic hydroxyl groups is 1. The molecule has 0 radical (unpaired) electrons. The van der Waals surface area contributed by atoms with E-state index < -0.39 is 11.0 Å². The van der Waals surface area contributed by atoms with Gasteiger partial charge in [-0.3, -0.25) is 9.59 Å². The van der Waals surface area contributed by atoms with Crippen LogP contribution in [0.25, 0.3) is 0 Å². The summed E-state index contributed by atoms with van der Waals surface area (Å²) in [4.78, 5) is 25.0. The molecule has 0 aromatic rings. The Labute approximate surface area is 206 Å². The molecular formula is C30H46O4. The number of carbonyl (C=O) groups is 2. The Morgan fingerprint density at radius 2 is 1.76 bits per heavy atom. The van der Waals surface area contributed by atoms with Crippen LogP contribution in [-0.2, 0) is 14.3 Å². The molecule has 0 unspecified atom stereocenters. The molecule has 0 aliphatic heterocycles. The molecule has 34 heavy (non-hydrogen) atoms. The van der Waals surface area contributed by atoms with Gasteiger partial charge >= 0.3 is 5.97 Å². The third-order valence-corrected chi connectivity index (χ3v) is 10.9. The van der Waals surface area contributed by atoms with Gasteiger partial charge in [0.1, 0.15) is 11.7 Å². The number of ketones is 1. The zero-order chi connectivity index (χ0) is 25.1. The topological polar surface area (TPSA) is 63.6 Å². The maximum absolute atomic E-state index is 13.5. The maximum Gasteiger partial charge on any atom is 0.302 e. The van der Waals surface area contributed by atoms with Crippen LogP contribution in [0.3, 0.4) is 0 Å². The molecule has 0 amide bonds. The molecule has 4 rings (SSSR count). The largest absolute Gasteiger partial charge is 0.462 e. The van der Waals surface area contributed by atoms with Crippen LogP contribution in [0.2, 0.25) is 0 Å². The van der Waals surface area contributed by atoms with E-state index in [-0.39, 0.29) is 35.6 Å². The Morgan fingerprint density at radius 3 is 2.41 bits per heavy atom. The molecule has 0 aromatic heterocycles. The van der Waals surface area contributed by atoms with Crippen molar-refractivity contribution in [3.05, 3.63) is 23.8 Å². The standard InChI is InChI=1S/C30H46O4/c1-18(2)19(3)8-9-20(4)24-10-11-25-23-16-27(32)30(33)17-22(34-21(5)31)12-15-29(30,7)26(23)13-14-28(24,25)6/h8-9,16,18-20,22,24-26,33H,10-15,17H2,1-7H3/b9-8+/t19-,20+,22+,24+,25-,26+,28-,29+,30-/m0/s1. The summed E-state index contributed by atoms with van der Waals surface area (Å²) >= 11 is 0. The first kappa shape index (κ1) is 25.7. The van der Waals surface area contributed by atoms with E-state index in [1.807, 2.05) is 6.08 Å². The molecule has 4 aliphatic rings. The zero-order valence-electron chi connectivity index (χ0n) is 22.4. The molecule has 9 atom stereocenters. The first-order valence-electron chi connectivity index (χ1n) is 13.7. The SMILES string of the molecule is CC(=O)O[C@@H]1CC[C@]2(C)[C@@H]3CC[C@@]4(C)[C@@H]([C@H](C)/C=C/[C@H](C)C(C)C)CC[C@H]4C3=CC(=O)[C@@]2(O)C1. The Balaban J connectivity index is 1.60. The summed E-state index contributed by atoms with van der Waals surface area (Å²) in [6, 6.07) is 0. The molecule has 0 spiro atoms. The summed E-state index contributed by atoms with van der Waals surface area (Å²) in [6.07, 6.45) is 12.5. The van der Waals surface area contributed by atoms with Gasteiger partial charge in [-0.15, -0.1) is 0 Å². The van der Waals surface area contributed by atoms with Gasteiger partial charge < -0.3 is 9.84 Å². The van der Waals surface area contributed by atoms with E-state index in [2.05, 4.69) is 53.7 Å². The lowest BCUT2D eigenvalue weighted by Gasteiger charge is -2.60. The molecule has 0 aromatic carbocycles. The number of esters is 1. The predicted octanol–water partition coefficient (Wildman–Crippen LogP) is 6.28. The third kappa shape index (κ3) is 3.92. The number of allylic oxidation sites excluding steroid dienone is 3. The Bertz CT molecular complexity index is 886. The van der Waals surface area contributed by atoms with Crippen molar-refractivity contribution in [1.82, 2.24) is 0 Å². The van der Waals surface area contributed by atoms with Gasteiger partial charge in [-0.2, -0.15) is 0 Å². The van der Waals surface area contributed by atoms with Gasteiger partial charge in [-0.1, -0.05) is 59.3 Å². The van der Waals surface area contributed by atoms with Gasteiger partial charge in [0.2, 0.25) is 0 Å². The van der Waals surface area contributed by atoms with Crippen molar-refractivity contribution in [2.24, 2.45) is 46.3 Å². The second kappa shape index (κ2) is 8.91. The van der Waals surface area contributed by atoms with Crippen molar-refractivity contribution in [3.8, 4) is 0 Å². The highest BCUT2D eigenvalue weighted by Crippen LogP contribution is 2.67. The van der Waals surface area contributed by atoms with Crippen LogP contribution in [0.15, 0.2) is 23.8 Å². The smallest absolute Gasteiger partial charge is 0.302 e. The number of hydrogen-bond donors (Lipinski definition) is 1. The monoisotopic (exact) mass is 470 g/mol. The first-order valence-corrected chi connectivity index (χ1v) is 13.7. The second-order valence-electron chi connectivity index (χ2n) is 12.9. The molecule has 4 aliphatic carbocycles. The highest BCUT2D eigenvalue weighted by Gasteiger charge is 2.65. The van der Waals surface area contributed by atoms with Crippen LogP contribution in [0.5, 0.6) is 0 Å². The fraction of sp³-hybridized carbons (Fsp3) is 0.800. The molecule has 4 heteroatoms. The second-order valence-corrected chi connectivity index (χ2v) is 12.9. The fourth-order valence-corrected chi connectivity index (χ4v) is 8.28. The van der Waals surface area contributed by atoms with Gasteiger partial charge in [0, 0.05) is 18.8 Å². The van der Waals surface area contributed by atoms with Crippen molar-refractivity contribution in [2.45, 2.75) is 105 Å². The van der Waals surface area contributed by atoms with Crippen molar-refractivity contribution in [2.75, 3.05) is 0 Å². The molecule has 4 nitrogen and oxygen atoms in total.